The molecule has 5 amide bonds. The van der Waals surface area contributed by atoms with Crippen LogP contribution in [-0.2, 0) is 73.6 Å². The van der Waals surface area contributed by atoms with Crippen molar-refractivity contribution in [1.29, 1.82) is 0 Å². The number of rotatable bonds is 25. The first-order valence-electron chi connectivity index (χ1n) is 36.1. The van der Waals surface area contributed by atoms with Crippen LogP contribution >= 0.6 is 22.7 Å². The third-order valence-corrected chi connectivity index (χ3v) is 22.6. The average Bonchev–Trinajstić information content (AvgIpc) is 0.788. The van der Waals surface area contributed by atoms with Crippen LogP contribution in [0.1, 0.15) is 157 Å². The molecule has 1 aliphatic heterocycles. The first-order valence-corrected chi connectivity index (χ1v) is 37.9. The van der Waals surface area contributed by atoms with Gasteiger partial charge in [0.2, 0.25) is 5.91 Å². The van der Waals surface area contributed by atoms with E-state index in [0.717, 1.165) is 33.6 Å². The van der Waals surface area contributed by atoms with Crippen LogP contribution in [0.2, 0.25) is 0 Å². The number of urea groups is 1. The Bertz CT molecular complexity index is 4120. The maximum absolute atomic E-state index is 14.9. The molecule has 10 rings (SSSR count). The van der Waals surface area contributed by atoms with Crippen molar-refractivity contribution in [2.45, 2.75) is 218 Å². The van der Waals surface area contributed by atoms with E-state index in [9.17, 15) is 63.9 Å². The molecule has 0 unspecified atom stereocenters. The second kappa shape index (κ2) is 35.1. The standard InChI is InChI=1S/C43H53NO14.C37H48N6O5S2/c1-22-26(55-37(51)32(48)30(24-15-11-9-12-16-24)44-38(52)58-39(3,4)5)20-43(53)35(56-36(50)25-17-13-10-14-18-25)33-41(8,34(49)31(47)29(22)40(43,6)7)27(46)19-28-42(33,21-54-28)57-23(2)45;1-24(2)33(42-36(46)43(5)20-29-22-49-35(40-29)25(3)4)34(45)39-28(16-26-12-8-6-9-13-26)18-32(44)31(17-27-14-10-7-11-15-27)41-37(47)48-21-30-19-38-23-50-30/h9-18,26-28,30-33,35,46-48,53H,19-21H2,1-8H3,(H,44,52);6-15,19,22-25,28,31-33,44H,16-18,20-21H2,1-5H3,(H,39,45)(H,41,47)(H,42,46)/t26-,27-,28+,30-,31+,32+,33-,35-,41+,42-,43+;28-,31-,32-,33-/m00/s1. The number of ketones is 1. The zero-order chi connectivity index (χ0) is 78.8. The van der Waals surface area contributed by atoms with E-state index in [1.54, 1.807) is 113 Å². The minimum atomic E-state index is -2.35. The number of carbonyl (C=O) groups excluding carboxylic acids is 8. The normalized spacial score (nSPS) is 24.4. The molecule has 26 nitrogen and oxygen atoms in total. The van der Waals surface area contributed by atoms with Gasteiger partial charge in [0.05, 0.1) is 75.4 Å². The van der Waals surface area contributed by atoms with Crippen molar-refractivity contribution in [1.82, 2.24) is 36.1 Å². The molecule has 582 valence electrons. The van der Waals surface area contributed by atoms with E-state index in [0.29, 0.717) is 30.9 Å². The Balaban J connectivity index is 0.000000252. The molecule has 4 aromatic carbocycles. The van der Waals surface area contributed by atoms with Gasteiger partial charge in [-0.25, -0.2) is 29.0 Å². The van der Waals surface area contributed by atoms with Gasteiger partial charge in [0.15, 0.2) is 17.5 Å². The van der Waals surface area contributed by atoms with Crippen LogP contribution in [0.5, 0.6) is 0 Å². The van der Waals surface area contributed by atoms with Crippen molar-refractivity contribution in [3.8, 4) is 0 Å². The molecular formula is C80H101N7O19S2. The van der Waals surface area contributed by atoms with Crippen LogP contribution in [-0.4, -0.2) is 180 Å². The maximum atomic E-state index is 14.9. The fourth-order valence-electron chi connectivity index (χ4n) is 14.9. The number of carbonyl (C=O) groups is 8. The van der Waals surface area contributed by atoms with E-state index in [-0.39, 0.29) is 60.6 Å². The van der Waals surface area contributed by atoms with Crippen LogP contribution in [0, 0.1) is 22.7 Å². The highest BCUT2D eigenvalue weighted by molar-refractivity contribution is 7.09. The summed E-state index contributed by atoms with van der Waals surface area (Å²) in [5.74, 6) is -5.64. The Morgan fingerprint density at radius 1 is 0.787 bits per heavy atom. The number of fused-ring (bicyclic) bond motifs is 5. The van der Waals surface area contributed by atoms with E-state index in [1.807, 2.05) is 79.9 Å². The Morgan fingerprint density at radius 2 is 1.40 bits per heavy atom. The van der Waals surface area contributed by atoms with Crippen LogP contribution in [0.3, 0.4) is 0 Å². The van der Waals surface area contributed by atoms with Gasteiger partial charge in [0.25, 0.3) is 0 Å². The third kappa shape index (κ3) is 19.2. The second-order valence-electron chi connectivity index (χ2n) is 30.6. The van der Waals surface area contributed by atoms with E-state index >= 15 is 0 Å². The first-order chi connectivity index (χ1) is 51.0. The molecule has 2 aromatic heterocycles. The van der Waals surface area contributed by atoms with Gasteiger partial charge in [-0.15, -0.1) is 22.7 Å². The quantitative estimate of drug-likeness (QED) is 0.0146. The van der Waals surface area contributed by atoms with Crippen LogP contribution in [0.25, 0.3) is 0 Å². The lowest BCUT2D eigenvalue weighted by atomic mass is 9.44. The number of aliphatic hydroxyl groups excluding tert-OH is 4. The number of hydrogen-bond acceptors (Lipinski definition) is 23. The molecule has 2 saturated carbocycles. The molecular weight excluding hydrogens is 1430 g/mol. The van der Waals surface area contributed by atoms with Crippen LogP contribution in [0.15, 0.2) is 150 Å². The van der Waals surface area contributed by atoms with E-state index in [4.69, 9.17) is 28.4 Å². The molecule has 0 radical (unpaired) electrons. The molecule has 4 aliphatic rings. The number of nitrogens with zero attached hydrogens (tertiary/aromatic N) is 3. The summed E-state index contributed by atoms with van der Waals surface area (Å²) in [6.45, 7) is 20.1. The molecule has 1 saturated heterocycles. The van der Waals surface area contributed by atoms with Crippen molar-refractivity contribution in [2.75, 3.05) is 13.7 Å². The van der Waals surface area contributed by atoms with Gasteiger partial charge >= 0.3 is 36.1 Å². The molecule has 108 heavy (non-hydrogen) atoms. The summed E-state index contributed by atoms with van der Waals surface area (Å²) in [7, 11) is 1.68. The van der Waals surface area contributed by atoms with E-state index in [1.165, 1.54) is 42.2 Å². The van der Waals surface area contributed by atoms with Gasteiger partial charge in [-0.1, -0.05) is 151 Å². The third-order valence-electron chi connectivity index (χ3n) is 20.7. The number of aliphatic hydroxyl groups is 5. The molecule has 3 fully saturated rings. The largest absolute Gasteiger partial charge is 0.456 e. The Labute approximate surface area is 637 Å². The number of ether oxygens (including phenoxy) is 6. The lowest BCUT2D eigenvalue weighted by molar-refractivity contribution is -0.346. The zero-order valence-corrected chi connectivity index (χ0v) is 64.8. The van der Waals surface area contributed by atoms with Gasteiger partial charge in [0, 0.05) is 55.8 Å². The molecule has 15 atom stereocenters. The molecule has 3 heterocycles. The van der Waals surface area contributed by atoms with Crippen molar-refractivity contribution in [3.05, 3.63) is 187 Å². The van der Waals surface area contributed by atoms with E-state index in [2.05, 4.69) is 45.1 Å². The SMILES string of the molecule is CC(=O)O[C@@]12CO[C@@H]1C[C@H](O)[C@@]1(C)C(=O)[C@H](O)C3=C(C)[C@@H](OC(=O)[C@H](O)[C@@H](NC(=O)OC(C)(C)C)c4ccccc4)C[C@@](O)([C@@H](OC(=O)c4ccccc4)[C@H]21)C3(C)C.CC(C)c1nc(CN(C)C(=O)N[C@H](C(=O)N[C@@H](Cc2ccccc2)C[C@H](O)[C@H](Cc2ccccc2)NC(=O)OCc2cncs2)C(C)C)cs1. The minimum absolute atomic E-state index is 0.0637. The zero-order valence-electron chi connectivity index (χ0n) is 63.1. The predicted molar refractivity (Wildman–Crippen MR) is 401 cm³/mol. The van der Waals surface area contributed by atoms with Crippen LogP contribution < -0.4 is 21.3 Å². The van der Waals surface area contributed by atoms with Gasteiger partial charge in [-0.2, -0.15) is 0 Å². The summed E-state index contributed by atoms with van der Waals surface area (Å²) in [6.07, 6.45) is -10.6. The topological polar surface area (TPSA) is 370 Å². The molecule has 6 aromatic rings. The Kier molecular flexibility index (Phi) is 27.0. The molecule has 2 bridgehead atoms. The smallest absolute Gasteiger partial charge is 0.408 e. The van der Waals surface area contributed by atoms with Crippen molar-refractivity contribution in [3.63, 3.8) is 0 Å². The molecule has 28 heteroatoms. The van der Waals surface area contributed by atoms with Crippen LogP contribution in [0.4, 0.5) is 14.4 Å². The van der Waals surface area contributed by atoms with Crippen molar-refractivity contribution >= 4 is 70.5 Å². The number of esters is 3. The fourth-order valence-corrected chi connectivity index (χ4v) is 16.3. The maximum Gasteiger partial charge on any atom is 0.408 e. The number of benzene rings is 4. The lowest BCUT2D eigenvalue weighted by Gasteiger charge is -2.67. The van der Waals surface area contributed by atoms with Gasteiger partial charge in [0.1, 0.15) is 48.3 Å². The van der Waals surface area contributed by atoms with Crippen molar-refractivity contribution < 1.29 is 92.3 Å². The predicted octanol–water partition coefficient (Wildman–Crippen LogP) is 9.16. The number of nitrogens with one attached hydrogen (secondary N) is 4. The average molecular weight is 1530 g/mol. The summed E-state index contributed by atoms with van der Waals surface area (Å²) < 4.78 is 34.9. The van der Waals surface area contributed by atoms with Gasteiger partial charge < -0.3 is 80.1 Å². The summed E-state index contributed by atoms with van der Waals surface area (Å²) in [4.78, 5) is 120. The lowest BCUT2D eigenvalue weighted by Crippen LogP contribution is -2.81. The monoisotopic (exact) mass is 1530 g/mol. The summed E-state index contributed by atoms with van der Waals surface area (Å²) >= 11 is 2.95. The number of hydrogen-bond donors (Lipinski definition) is 9. The van der Waals surface area contributed by atoms with Crippen molar-refractivity contribution in [2.24, 2.45) is 22.7 Å². The number of amides is 5. The first kappa shape index (κ1) is 83.0. The van der Waals surface area contributed by atoms with Gasteiger partial charge in [-0.05, 0) is 99.8 Å². The number of Topliss-reactive ketones (excluding diaryl/α,β-unsaturated/α-hetero) is 1. The molecule has 0 spiro atoms. The highest BCUT2D eigenvalue weighted by Crippen LogP contribution is 2.64. The molecule has 3 aliphatic carbocycles. The minimum Gasteiger partial charge on any atom is -0.456 e. The highest BCUT2D eigenvalue weighted by atomic mass is 32.1. The fraction of sp³-hybridized carbons (Fsp3) is 0.500. The van der Waals surface area contributed by atoms with E-state index < -0.39 is 143 Å². The summed E-state index contributed by atoms with van der Waals surface area (Å²) in [5, 5.41) is 75.1. The number of aromatic nitrogens is 2. The Morgan fingerprint density at radius 3 is 1.95 bits per heavy atom. The second-order valence-corrected chi connectivity index (χ2v) is 32.5. The number of alkyl carbamates (subject to hydrolysis) is 2. The summed E-state index contributed by atoms with van der Waals surface area (Å²) in [5.41, 5.74) is -3.78. The number of thiazole rings is 2. The molecule has 9 N–H and O–H groups in total. The summed E-state index contributed by atoms with van der Waals surface area (Å²) in [6, 6.07) is 31.4. The highest BCUT2D eigenvalue weighted by Gasteiger charge is 2.78. The van der Waals surface area contributed by atoms with Gasteiger partial charge in [-0.3, -0.25) is 19.4 Å². The Hall–Kier alpha value is -9.00.